The molecule has 8 heteroatoms. The molecule has 3 rings (SSSR count). The van der Waals surface area contributed by atoms with Crippen molar-refractivity contribution >= 4 is 12.6 Å². The molecule has 0 aliphatic carbocycles. The van der Waals surface area contributed by atoms with Crippen LogP contribution in [0.1, 0.15) is 28.1 Å². The summed E-state index contributed by atoms with van der Waals surface area (Å²) >= 11 is 0. The van der Waals surface area contributed by atoms with Gasteiger partial charge < -0.3 is 19.7 Å². The SMILES string of the molecule is C.O=Cc1cc(O)c(O)cc1F.O=Cc1cc2c(cc1F)OCO2. The zero-order chi connectivity index (χ0) is 17.0. The van der Waals surface area contributed by atoms with Gasteiger partial charge in [0.2, 0.25) is 6.79 Å². The molecule has 0 bridgehead atoms. The van der Waals surface area contributed by atoms with E-state index in [9.17, 15) is 18.4 Å². The first-order valence-electron chi connectivity index (χ1n) is 6.17. The molecule has 2 N–H and O–H groups in total. The van der Waals surface area contributed by atoms with Crippen LogP contribution >= 0.6 is 0 Å². The molecule has 0 aromatic heterocycles. The Kier molecular flexibility index (Phi) is 6.22. The molecule has 2 aromatic rings. The highest BCUT2D eigenvalue weighted by Crippen LogP contribution is 2.33. The second kappa shape index (κ2) is 7.91. The van der Waals surface area contributed by atoms with Gasteiger partial charge in [-0.1, -0.05) is 7.43 Å². The Hall–Kier alpha value is -3.16. The summed E-state index contributed by atoms with van der Waals surface area (Å²) in [6.07, 6.45) is 0.700. The molecule has 0 spiro atoms. The monoisotopic (exact) mass is 340 g/mol. The van der Waals surface area contributed by atoms with Crippen molar-refractivity contribution in [3.63, 3.8) is 0 Å². The third-order valence-corrected chi connectivity index (χ3v) is 2.84. The van der Waals surface area contributed by atoms with E-state index in [2.05, 4.69) is 0 Å². The van der Waals surface area contributed by atoms with Gasteiger partial charge in [-0.25, -0.2) is 8.78 Å². The second-order valence-corrected chi connectivity index (χ2v) is 4.33. The molecule has 2 aromatic carbocycles. The fraction of sp³-hybridized carbons (Fsp3) is 0.125. The topological polar surface area (TPSA) is 93.1 Å². The van der Waals surface area contributed by atoms with E-state index in [1.165, 1.54) is 6.07 Å². The molecular formula is C16H14F2O6. The fourth-order valence-electron chi connectivity index (χ4n) is 1.68. The molecule has 128 valence electrons. The number of phenolic OH excluding ortho intramolecular Hbond substituents is 2. The van der Waals surface area contributed by atoms with Gasteiger partial charge in [-0.15, -0.1) is 0 Å². The molecule has 0 amide bonds. The molecule has 1 heterocycles. The summed E-state index contributed by atoms with van der Waals surface area (Å²) in [7, 11) is 0. The van der Waals surface area contributed by atoms with Crippen LogP contribution in [0.3, 0.4) is 0 Å². The van der Waals surface area contributed by atoms with Crippen LogP contribution in [0.5, 0.6) is 23.0 Å². The molecule has 0 saturated heterocycles. The van der Waals surface area contributed by atoms with Gasteiger partial charge in [-0.05, 0) is 12.1 Å². The number of benzene rings is 2. The molecule has 0 atom stereocenters. The Morgan fingerprint density at radius 1 is 0.833 bits per heavy atom. The van der Waals surface area contributed by atoms with E-state index in [0.717, 1.165) is 12.1 Å². The number of aldehydes is 2. The largest absolute Gasteiger partial charge is 0.504 e. The Labute approximate surface area is 135 Å². The first-order chi connectivity index (χ1) is 11.0. The third kappa shape index (κ3) is 3.97. The highest BCUT2D eigenvalue weighted by atomic mass is 19.1. The van der Waals surface area contributed by atoms with Crippen LogP contribution in [0.25, 0.3) is 0 Å². The number of fused-ring (bicyclic) bond motifs is 1. The molecule has 6 nitrogen and oxygen atoms in total. The second-order valence-electron chi connectivity index (χ2n) is 4.33. The lowest BCUT2D eigenvalue weighted by atomic mass is 10.2. The van der Waals surface area contributed by atoms with Crippen LogP contribution in [0, 0.1) is 11.6 Å². The Morgan fingerprint density at radius 3 is 1.88 bits per heavy atom. The zero-order valence-corrected chi connectivity index (χ0v) is 11.5. The fourth-order valence-corrected chi connectivity index (χ4v) is 1.68. The number of carbonyl (C=O) groups excluding carboxylic acids is 2. The average Bonchev–Trinajstić information content (AvgIpc) is 2.97. The van der Waals surface area contributed by atoms with Crippen molar-refractivity contribution in [1.29, 1.82) is 0 Å². The van der Waals surface area contributed by atoms with Gasteiger partial charge in [-0.3, -0.25) is 9.59 Å². The van der Waals surface area contributed by atoms with Crippen molar-refractivity contribution < 1.29 is 38.1 Å². The highest BCUT2D eigenvalue weighted by molar-refractivity contribution is 5.77. The Morgan fingerprint density at radius 2 is 1.29 bits per heavy atom. The normalized spacial score (nSPS) is 10.9. The number of aromatic hydroxyl groups is 2. The van der Waals surface area contributed by atoms with E-state index in [4.69, 9.17) is 19.7 Å². The third-order valence-electron chi connectivity index (χ3n) is 2.84. The lowest BCUT2D eigenvalue weighted by Crippen LogP contribution is -1.92. The van der Waals surface area contributed by atoms with Crippen LogP contribution in [-0.4, -0.2) is 29.6 Å². The van der Waals surface area contributed by atoms with E-state index in [1.54, 1.807) is 0 Å². The van der Waals surface area contributed by atoms with Gasteiger partial charge >= 0.3 is 0 Å². The molecule has 0 unspecified atom stereocenters. The minimum atomic E-state index is -0.852. The molecule has 0 fully saturated rings. The molecule has 1 aliphatic heterocycles. The quantitative estimate of drug-likeness (QED) is 0.645. The van der Waals surface area contributed by atoms with Crippen molar-refractivity contribution in [1.82, 2.24) is 0 Å². The molecule has 0 saturated carbocycles. The minimum Gasteiger partial charge on any atom is -0.504 e. The van der Waals surface area contributed by atoms with Crippen molar-refractivity contribution in [2.45, 2.75) is 7.43 Å². The Balaban J connectivity index is 0.000000232. The van der Waals surface area contributed by atoms with Crippen LogP contribution in [0.2, 0.25) is 0 Å². The van der Waals surface area contributed by atoms with Crippen molar-refractivity contribution in [3.05, 3.63) is 47.0 Å². The van der Waals surface area contributed by atoms with Crippen LogP contribution in [0.15, 0.2) is 24.3 Å². The zero-order valence-electron chi connectivity index (χ0n) is 11.5. The summed E-state index contributed by atoms with van der Waals surface area (Å²) in [6, 6.07) is 4.01. The minimum absolute atomic E-state index is 0. The van der Waals surface area contributed by atoms with Gasteiger partial charge in [0, 0.05) is 12.1 Å². The smallest absolute Gasteiger partial charge is 0.231 e. The number of ether oxygens (including phenoxy) is 2. The van der Waals surface area contributed by atoms with Crippen LogP contribution < -0.4 is 9.47 Å². The summed E-state index contributed by atoms with van der Waals surface area (Å²) in [6.45, 7) is 0.0804. The van der Waals surface area contributed by atoms with Crippen molar-refractivity contribution in [2.75, 3.05) is 6.79 Å². The number of rotatable bonds is 2. The summed E-state index contributed by atoms with van der Waals surface area (Å²) < 4.78 is 35.3. The number of halogens is 2. The highest BCUT2D eigenvalue weighted by Gasteiger charge is 2.16. The number of carbonyl (C=O) groups is 2. The van der Waals surface area contributed by atoms with E-state index in [1.807, 2.05) is 0 Å². The number of hydrogen-bond donors (Lipinski definition) is 2. The summed E-state index contributed by atoms with van der Waals surface area (Å²) in [5, 5.41) is 17.5. The van der Waals surface area contributed by atoms with Gasteiger partial charge in [0.25, 0.3) is 0 Å². The first-order valence-corrected chi connectivity index (χ1v) is 6.17. The summed E-state index contributed by atoms with van der Waals surface area (Å²) in [4.78, 5) is 20.3. The summed E-state index contributed by atoms with van der Waals surface area (Å²) in [5.74, 6) is -1.76. The molecule has 24 heavy (non-hydrogen) atoms. The maximum absolute atomic E-state index is 12.9. The lowest BCUT2D eigenvalue weighted by molar-refractivity contribution is 0.111. The van der Waals surface area contributed by atoms with E-state index >= 15 is 0 Å². The Bertz CT molecular complexity index is 761. The van der Waals surface area contributed by atoms with E-state index in [0.29, 0.717) is 23.9 Å². The van der Waals surface area contributed by atoms with E-state index < -0.39 is 23.1 Å². The van der Waals surface area contributed by atoms with Crippen LogP contribution in [-0.2, 0) is 0 Å². The van der Waals surface area contributed by atoms with Crippen molar-refractivity contribution in [3.8, 4) is 23.0 Å². The first kappa shape index (κ1) is 18.9. The summed E-state index contributed by atoms with van der Waals surface area (Å²) in [5.41, 5.74) is -0.292. The van der Waals surface area contributed by atoms with Gasteiger partial charge in [-0.2, -0.15) is 0 Å². The standard InChI is InChI=1S/C8H5FO3.C7H5FO3.CH4/c9-6-2-8-7(11-4-12-8)1-5(6)3-10;8-5-2-7(11)6(10)1-4(5)3-9;/h1-3H,4H2;1-3,10-11H;1H4. The predicted molar refractivity (Wildman–Crippen MR) is 79.8 cm³/mol. The average molecular weight is 340 g/mol. The lowest BCUT2D eigenvalue weighted by Gasteiger charge is -1.98. The van der Waals surface area contributed by atoms with Gasteiger partial charge in [0.05, 0.1) is 11.1 Å². The molecular weight excluding hydrogens is 326 g/mol. The van der Waals surface area contributed by atoms with Gasteiger partial charge in [0.15, 0.2) is 35.6 Å². The van der Waals surface area contributed by atoms with Crippen molar-refractivity contribution in [2.24, 2.45) is 0 Å². The number of hydrogen-bond acceptors (Lipinski definition) is 6. The number of phenols is 2. The maximum Gasteiger partial charge on any atom is 0.231 e. The predicted octanol–water partition coefficient (Wildman–Crippen LogP) is 3.05. The van der Waals surface area contributed by atoms with E-state index in [-0.39, 0.29) is 31.6 Å². The van der Waals surface area contributed by atoms with Crippen LogP contribution in [0.4, 0.5) is 8.78 Å². The molecule has 1 aliphatic rings. The maximum atomic E-state index is 12.9. The molecule has 0 radical (unpaired) electrons. The van der Waals surface area contributed by atoms with Gasteiger partial charge in [0.1, 0.15) is 11.6 Å².